The van der Waals surface area contributed by atoms with Gasteiger partial charge in [0, 0.05) is 25.0 Å². The first-order valence-electron chi connectivity index (χ1n) is 7.39. The molecule has 126 valence electrons. The summed E-state index contributed by atoms with van der Waals surface area (Å²) in [7, 11) is -3.07. The number of rotatable bonds is 5. The monoisotopic (exact) mass is 339 g/mol. The van der Waals surface area contributed by atoms with Crippen LogP contribution in [0.5, 0.6) is 0 Å². The highest BCUT2D eigenvalue weighted by Crippen LogP contribution is 2.18. The molecule has 2 heterocycles. The van der Waals surface area contributed by atoms with E-state index in [1.165, 1.54) is 13.8 Å². The Hall–Kier alpha value is -1.96. The van der Waals surface area contributed by atoms with Crippen LogP contribution < -0.4 is 10.6 Å². The first-order valence-corrected chi connectivity index (χ1v) is 9.21. The highest BCUT2D eigenvalue weighted by molar-refractivity contribution is 7.91. The molecule has 0 spiro atoms. The summed E-state index contributed by atoms with van der Waals surface area (Å²) in [6, 6.07) is 3.13. The second-order valence-corrected chi connectivity index (χ2v) is 8.47. The summed E-state index contributed by atoms with van der Waals surface area (Å²) in [4.78, 5) is 28.5. The van der Waals surface area contributed by atoms with Crippen molar-refractivity contribution < 1.29 is 18.0 Å². The van der Waals surface area contributed by atoms with E-state index in [-0.39, 0.29) is 11.5 Å². The van der Waals surface area contributed by atoms with E-state index in [9.17, 15) is 18.0 Å². The molecular weight excluding hydrogens is 318 g/mol. The molecule has 0 radical (unpaired) electrons. The first kappa shape index (κ1) is 17.4. The van der Waals surface area contributed by atoms with Crippen molar-refractivity contribution in [3.63, 3.8) is 0 Å². The van der Waals surface area contributed by atoms with Crippen LogP contribution in [0, 0.1) is 5.41 Å². The predicted molar refractivity (Wildman–Crippen MR) is 85.1 cm³/mol. The van der Waals surface area contributed by atoms with Crippen molar-refractivity contribution in [1.82, 2.24) is 15.6 Å². The molecule has 7 nitrogen and oxygen atoms in total. The van der Waals surface area contributed by atoms with Crippen molar-refractivity contribution in [2.24, 2.45) is 5.41 Å². The molecule has 1 fully saturated rings. The lowest BCUT2D eigenvalue weighted by Gasteiger charge is -2.24. The SMILES string of the molecule is CC(C)(C(=O)NCc1ccncc1)C(=O)NC1CCS(=O)(=O)C1. The van der Waals surface area contributed by atoms with Gasteiger partial charge in [-0.05, 0) is 38.0 Å². The molecule has 1 aliphatic heterocycles. The van der Waals surface area contributed by atoms with Crippen LogP contribution >= 0.6 is 0 Å². The summed E-state index contributed by atoms with van der Waals surface area (Å²) < 4.78 is 22.9. The van der Waals surface area contributed by atoms with Crippen LogP contribution in [0.25, 0.3) is 0 Å². The molecule has 0 bridgehead atoms. The molecule has 1 aliphatic rings. The van der Waals surface area contributed by atoms with E-state index in [1.54, 1.807) is 24.5 Å². The highest BCUT2D eigenvalue weighted by atomic mass is 32.2. The maximum absolute atomic E-state index is 12.3. The van der Waals surface area contributed by atoms with Crippen molar-refractivity contribution in [3.05, 3.63) is 30.1 Å². The number of nitrogens with one attached hydrogen (secondary N) is 2. The summed E-state index contributed by atoms with van der Waals surface area (Å²) >= 11 is 0. The van der Waals surface area contributed by atoms with Gasteiger partial charge in [-0.15, -0.1) is 0 Å². The third kappa shape index (κ3) is 4.51. The van der Waals surface area contributed by atoms with Gasteiger partial charge in [0.1, 0.15) is 5.41 Å². The molecule has 1 unspecified atom stereocenters. The Bertz CT molecular complexity index is 686. The van der Waals surface area contributed by atoms with Gasteiger partial charge >= 0.3 is 0 Å². The van der Waals surface area contributed by atoms with Crippen LogP contribution in [0.15, 0.2) is 24.5 Å². The number of carbonyl (C=O) groups is 2. The van der Waals surface area contributed by atoms with Gasteiger partial charge in [0.25, 0.3) is 0 Å². The normalized spacial score (nSPS) is 20.0. The number of aromatic nitrogens is 1. The standard InChI is InChI=1S/C15H21N3O4S/c1-15(2,13(19)17-9-11-3-6-16-7-4-11)14(20)18-12-5-8-23(21,22)10-12/h3-4,6-7,12H,5,8-10H2,1-2H3,(H,17,19)(H,18,20). The van der Waals surface area contributed by atoms with Crippen LogP contribution in [-0.4, -0.2) is 42.8 Å². The Balaban J connectivity index is 1.91. The van der Waals surface area contributed by atoms with Gasteiger partial charge in [-0.1, -0.05) is 0 Å². The number of pyridine rings is 1. The number of sulfone groups is 1. The lowest BCUT2D eigenvalue weighted by molar-refractivity contribution is -0.141. The number of hydrogen-bond donors (Lipinski definition) is 2. The minimum atomic E-state index is -3.07. The fourth-order valence-electron chi connectivity index (χ4n) is 2.28. The van der Waals surface area contributed by atoms with E-state index in [0.29, 0.717) is 13.0 Å². The Morgan fingerprint density at radius 2 is 1.91 bits per heavy atom. The second-order valence-electron chi connectivity index (χ2n) is 6.24. The van der Waals surface area contributed by atoms with Crippen LogP contribution in [0.3, 0.4) is 0 Å². The lowest BCUT2D eigenvalue weighted by Crippen LogP contribution is -2.50. The Kier molecular flexibility index (Phi) is 5.03. The Labute approximate surface area is 135 Å². The number of carbonyl (C=O) groups excluding carboxylic acids is 2. The van der Waals surface area contributed by atoms with Gasteiger partial charge in [0.2, 0.25) is 11.8 Å². The zero-order valence-corrected chi connectivity index (χ0v) is 14.0. The Morgan fingerprint density at radius 1 is 1.26 bits per heavy atom. The lowest BCUT2D eigenvalue weighted by atomic mass is 9.90. The zero-order chi connectivity index (χ0) is 17.1. The third-order valence-electron chi connectivity index (χ3n) is 3.91. The molecule has 0 aromatic carbocycles. The smallest absolute Gasteiger partial charge is 0.235 e. The van der Waals surface area contributed by atoms with E-state index in [4.69, 9.17) is 0 Å². The summed E-state index contributed by atoms with van der Waals surface area (Å²) in [5.74, 6) is -0.862. The molecule has 2 rings (SSSR count). The molecule has 1 atom stereocenters. The minimum absolute atomic E-state index is 0.0620. The molecule has 1 saturated heterocycles. The average Bonchev–Trinajstić information content (AvgIpc) is 2.84. The molecule has 23 heavy (non-hydrogen) atoms. The fourth-order valence-corrected chi connectivity index (χ4v) is 3.96. The van der Waals surface area contributed by atoms with E-state index in [1.807, 2.05) is 0 Å². The van der Waals surface area contributed by atoms with Crippen LogP contribution in [0.2, 0.25) is 0 Å². The van der Waals surface area contributed by atoms with Crippen LogP contribution in [0.4, 0.5) is 0 Å². The molecule has 8 heteroatoms. The number of hydrogen-bond acceptors (Lipinski definition) is 5. The van der Waals surface area contributed by atoms with Crippen LogP contribution in [-0.2, 0) is 26.0 Å². The van der Waals surface area contributed by atoms with Crippen molar-refractivity contribution in [2.75, 3.05) is 11.5 Å². The van der Waals surface area contributed by atoms with Gasteiger partial charge in [0.15, 0.2) is 9.84 Å². The third-order valence-corrected chi connectivity index (χ3v) is 5.67. The Morgan fingerprint density at radius 3 is 2.48 bits per heavy atom. The van der Waals surface area contributed by atoms with E-state index >= 15 is 0 Å². The quantitative estimate of drug-likeness (QED) is 0.736. The van der Waals surface area contributed by atoms with E-state index in [0.717, 1.165) is 5.56 Å². The van der Waals surface area contributed by atoms with Crippen molar-refractivity contribution in [2.45, 2.75) is 32.9 Å². The first-order chi connectivity index (χ1) is 10.7. The van der Waals surface area contributed by atoms with E-state index in [2.05, 4.69) is 15.6 Å². The maximum Gasteiger partial charge on any atom is 0.235 e. The number of nitrogens with zero attached hydrogens (tertiary/aromatic N) is 1. The molecular formula is C15H21N3O4S. The molecule has 2 N–H and O–H groups in total. The second kappa shape index (κ2) is 6.66. The molecule has 1 aromatic rings. The topological polar surface area (TPSA) is 105 Å². The zero-order valence-electron chi connectivity index (χ0n) is 13.2. The highest BCUT2D eigenvalue weighted by Gasteiger charge is 2.38. The van der Waals surface area contributed by atoms with E-state index < -0.39 is 33.1 Å². The molecule has 0 aliphatic carbocycles. The maximum atomic E-state index is 12.3. The van der Waals surface area contributed by atoms with Crippen molar-refractivity contribution in [3.8, 4) is 0 Å². The predicted octanol–water partition coefficient (Wildman–Crippen LogP) is 0.0273. The minimum Gasteiger partial charge on any atom is -0.351 e. The summed E-state index contributed by atoms with van der Waals surface area (Å²) in [5, 5.41) is 5.38. The summed E-state index contributed by atoms with van der Waals surface area (Å²) in [5.41, 5.74) is -0.397. The summed E-state index contributed by atoms with van der Waals surface area (Å²) in [6.07, 6.45) is 3.64. The van der Waals surface area contributed by atoms with Gasteiger partial charge < -0.3 is 10.6 Å². The van der Waals surface area contributed by atoms with Crippen molar-refractivity contribution >= 4 is 21.7 Å². The fraction of sp³-hybridized carbons (Fsp3) is 0.533. The largest absolute Gasteiger partial charge is 0.351 e. The van der Waals surface area contributed by atoms with Gasteiger partial charge in [-0.3, -0.25) is 14.6 Å². The molecule has 2 amide bonds. The molecule has 1 aromatic heterocycles. The van der Waals surface area contributed by atoms with Gasteiger partial charge in [-0.25, -0.2) is 8.42 Å². The number of amides is 2. The average molecular weight is 339 g/mol. The summed E-state index contributed by atoms with van der Waals surface area (Å²) in [6.45, 7) is 3.34. The van der Waals surface area contributed by atoms with Crippen LogP contribution in [0.1, 0.15) is 25.8 Å². The van der Waals surface area contributed by atoms with Gasteiger partial charge in [0.05, 0.1) is 11.5 Å². The molecule has 0 saturated carbocycles. The van der Waals surface area contributed by atoms with Gasteiger partial charge in [-0.2, -0.15) is 0 Å². The van der Waals surface area contributed by atoms with Crippen molar-refractivity contribution in [1.29, 1.82) is 0 Å².